The molecular formula is C60H119NO5. The molecule has 2 unspecified atom stereocenters. The van der Waals surface area contributed by atoms with E-state index < -0.39 is 12.1 Å². The number of aliphatic hydroxyl groups excluding tert-OH is 2. The molecule has 0 aliphatic heterocycles. The van der Waals surface area contributed by atoms with Gasteiger partial charge in [-0.25, -0.2) is 0 Å². The average Bonchev–Trinajstić information content (AvgIpc) is 3.32. The summed E-state index contributed by atoms with van der Waals surface area (Å²) in [5.74, 6) is -0.0287. The van der Waals surface area contributed by atoms with E-state index in [9.17, 15) is 19.8 Å². The second-order valence-electron chi connectivity index (χ2n) is 21.1. The molecule has 0 radical (unpaired) electrons. The first-order chi connectivity index (χ1) is 32.5. The van der Waals surface area contributed by atoms with Gasteiger partial charge in [-0.05, 0) is 25.7 Å². The van der Waals surface area contributed by atoms with E-state index in [0.29, 0.717) is 25.9 Å². The van der Waals surface area contributed by atoms with Gasteiger partial charge >= 0.3 is 5.97 Å². The number of hydrogen-bond acceptors (Lipinski definition) is 5. The lowest BCUT2D eigenvalue weighted by atomic mass is 10.0. The summed E-state index contributed by atoms with van der Waals surface area (Å²) >= 11 is 0. The van der Waals surface area contributed by atoms with E-state index in [1.165, 1.54) is 276 Å². The van der Waals surface area contributed by atoms with E-state index in [4.69, 9.17) is 4.74 Å². The van der Waals surface area contributed by atoms with Gasteiger partial charge in [0.25, 0.3) is 0 Å². The van der Waals surface area contributed by atoms with Crippen molar-refractivity contribution in [3.63, 3.8) is 0 Å². The average molecular weight is 935 g/mol. The van der Waals surface area contributed by atoms with Gasteiger partial charge in [-0.3, -0.25) is 9.59 Å². The summed E-state index contributed by atoms with van der Waals surface area (Å²) in [6.45, 7) is 4.97. The highest BCUT2D eigenvalue weighted by atomic mass is 16.5. The van der Waals surface area contributed by atoms with Crippen molar-refractivity contribution in [1.82, 2.24) is 5.32 Å². The molecule has 1 amide bonds. The Morgan fingerprint density at radius 3 is 0.924 bits per heavy atom. The summed E-state index contributed by atoms with van der Waals surface area (Å²) in [5, 5.41) is 23.4. The third kappa shape index (κ3) is 52.2. The van der Waals surface area contributed by atoms with Crippen LogP contribution in [-0.2, 0) is 14.3 Å². The number of nitrogens with one attached hydrogen (secondary N) is 1. The maximum atomic E-state index is 12.5. The molecule has 3 N–H and O–H groups in total. The Hall–Kier alpha value is -1.14. The summed E-state index contributed by atoms with van der Waals surface area (Å²) in [6, 6.07) is -0.545. The number of carbonyl (C=O) groups is 2. The Bertz CT molecular complexity index is 944. The van der Waals surface area contributed by atoms with Crippen molar-refractivity contribution in [2.75, 3.05) is 13.2 Å². The van der Waals surface area contributed by atoms with Crippen LogP contribution in [0.2, 0.25) is 0 Å². The fourth-order valence-corrected chi connectivity index (χ4v) is 9.76. The Morgan fingerprint density at radius 1 is 0.364 bits per heavy atom. The Kier molecular flexibility index (Phi) is 55.5. The molecule has 2 atom stereocenters. The monoisotopic (exact) mass is 934 g/mol. The third-order valence-corrected chi connectivity index (χ3v) is 14.4. The zero-order chi connectivity index (χ0) is 47.9. The van der Waals surface area contributed by atoms with Crippen molar-refractivity contribution in [2.45, 2.75) is 360 Å². The number of ether oxygens (including phenoxy) is 1. The smallest absolute Gasteiger partial charge is 0.305 e. The van der Waals surface area contributed by atoms with Gasteiger partial charge < -0.3 is 20.3 Å². The van der Waals surface area contributed by atoms with E-state index in [1.54, 1.807) is 0 Å². The van der Waals surface area contributed by atoms with Crippen LogP contribution in [0.3, 0.4) is 0 Å². The van der Waals surface area contributed by atoms with E-state index in [-0.39, 0.29) is 18.5 Å². The normalized spacial score (nSPS) is 12.5. The molecule has 0 fully saturated rings. The highest BCUT2D eigenvalue weighted by Gasteiger charge is 2.20. The predicted molar refractivity (Wildman–Crippen MR) is 287 cm³/mol. The van der Waals surface area contributed by atoms with Crippen molar-refractivity contribution >= 4 is 11.9 Å². The first-order valence-electron chi connectivity index (χ1n) is 30.3. The second-order valence-corrected chi connectivity index (χ2v) is 21.1. The highest BCUT2D eigenvalue weighted by molar-refractivity contribution is 5.76. The van der Waals surface area contributed by atoms with Crippen molar-refractivity contribution in [1.29, 1.82) is 0 Å². The fraction of sp³-hybridized carbons (Fsp3) is 0.967. The van der Waals surface area contributed by atoms with Crippen molar-refractivity contribution in [2.24, 2.45) is 0 Å². The standard InChI is InChI=1S/C60H119NO5/c1-3-5-7-9-11-13-15-17-18-19-20-21-23-26-29-32-36-40-44-48-52-58(63)57(56-62)61-59(64)53-49-45-41-37-33-30-27-24-22-25-28-31-35-39-43-47-51-55-66-60(65)54-50-46-42-38-34-16-14-12-10-8-6-4-2/h57-58,62-63H,3-56H2,1-2H3,(H,61,64). The first-order valence-corrected chi connectivity index (χ1v) is 30.3. The molecule has 6 heteroatoms. The minimum atomic E-state index is -0.667. The van der Waals surface area contributed by atoms with Gasteiger partial charge in [-0.2, -0.15) is 0 Å². The number of amides is 1. The SMILES string of the molecule is CCCCCCCCCCCCCCCCCCCCCCC(O)C(CO)NC(=O)CCCCCCCCCCCCCCCCCCCOC(=O)CCCCCCCCCCCCCC. The van der Waals surface area contributed by atoms with Crippen LogP contribution in [0.15, 0.2) is 0 Å². The van der Waals surface area contributed by atoms with E-state index in [2.05, 4.69) is 19.2 Å². The van der Waals surface area contributed by atoms with Gasteiger partial charge in [-0.15, -0.1) is 0 Å². The molecule has 0 bridgehead atoms. The van der Waals surface area contributed by atoms with Gasteiger partial charge in [0.15, 0.2) is 0 Å². The number of rotatable bonds is 57. The topological polar surface area (TPSA) is 95.9 Å². The number of carbonyl (C=O) groups excluding carboxylic acids is 2. The number of hydrogen-bond donors (Lipinski definition) is 3. The van der Waals surface area contributed by atoms with Crippen molar-refractivity contribution in [3.8, 4) is 0 Å². The predicted octanol–water partition coefficient (Wildman–Crippen LogP) is 18.7. The molecule has 394 valence electrons. The summed E-state index contributed by atoms with van der Waals surface area (Å²) in [5.41, 5.74) is 0. The number of aliphatic hydroxyl groups is 2. The zero-order valence-corrected chi connectivity index (χ0v) is 45.0. The van der Waals surface area contributed by atoms with Gasteiger partial charge in [0.2, 0.25) is 5.91 Å². The Balaban J connectivity index is 3.41. The minimum Gasteiger partial charge on any atom is -0.466 e. The van der Waals surface area contributed by atoms with Crippen LogP contribution in [0.4, 0.5) is 0 Å². The maximum Gasteiger partial charge on any atom is 0.305 e. The third-order valence-electron chi connectivity index (χ3n) is 14.4. The molecule has 0 aliphatic carbocycles. The molecule has 66 heavy (non-hydrogen) atoms. The molecule has 0 heterocycles. The van der Waals surface area contributed by atoms with Crippen molar-refractivity contribution < 1.29 is 24.5 Å². The zero-order valence-electron chi connectivity index (χ0n) is 45.0. The highest BCUT2D eigenvalue weighted by Crippen LogP contribution is 2.18. The van der Waals surface area contributed by atoms with Gasteiger partial charge in [0.05, 0.1) is 25.4 Å². The van der Waals surface area contributed by atoms with Crippen LogP contribution >= 0.6 is 0 Å². The molecular weight excluding hydrogens is 815 g/mol. The number of unbranched alkanes of at least 4 members (excludes halogenated alkanes) is 46. The quantitative estimate of drug-likeness (QED) is 0.0417. The molecule has 0 aromatic rings. The van der Waals surface area contributed by atoms with Crippen LogP contribution in [0.1, 0.15) is 348 Å². The van der Waals surface area contributed by atoms with Crippen LogP contribution < -0.4 is 5.32 Å². The summed E-state index contributed by atoms with van der Waals surface area (Å²) in [7, 11) is 0. The molecule has 0 rings (SSSR count). The summed E-state index contributed by atoms with van der Waals surface area (Å²) in [6.07, 6.45) is 65.3. The van der Waals surface area contributed by atoms with Crippen LogP contribution in [0.25, 0.3) is 0 Å². The lowest BCUT2D eigenvalue weighted by Gasteiger charge is -2.22. The van der Waals surface area contributed by atoms with Crippen LogP contribution in [0.5, 0.6) is 0 Å². The summed E-state index contributed by atoms with van der Waals surface area (Å²) < 4.78 is 5.47. The van der Waals surface area contributed by atoms with Gasteiger partial charge in [-0.1, -0.05) is 309 Å². The van der Waals surface area contributed by atoms with E-state index in [1.807, 2.05) is 0 Å². The largest absolute Gasteiger partial charge is 0.466 e. The molecule has 0 saturated heterocycles. The molecule has 0 aromatic heterocycles. The van der Waals surface area contributed by atoms with Gasteiger partial charge in [0, 0.05) is 12.8 Å². The number of esters is 1. The molecule has 0 aliphatic rings. The maximum absolute atomic E-state index is 12.5. The fourth-order valence-electron chi connectivity index (χ4n) is 9.76. The Labute approximate surface area is 413 Å². The summed E-state index contributed by atoms with van der Waals surface area (Å²) in [4.78, 5) is 24.5. The van der Waals surface area contributed by atoms with Gasteiger partial charge in [0.1, 0.15) is 0 Å². The lowest BCUT2D eigenvalue weighted by molar-refractivity contribution is -0.143. The molecule has 0 spiro atoms. The van der Waals surface area contributed by atoms with Crippen LogP contribution in [0, 0.1) is 0 Å². The Morgan fingerprint density at radius 2 is 0.621 bits per heavy atom. The second kappa shape index (κ2) is 56.4. The van der Waals surface area contributed by atoms with E-state index >= 15 is 0 Å². The van der Waals surface area contributed by atoms with Crippen molar-refractivity contribution in [3.05, 3.63) is 0 Å². The molecule has 6 nitrogen and oxygen atoms in total. The molecule has 0 saturated carbocycles. The first kappa shape index (κ1) is 64.9. The van der Waals surface area contributed by atoms with Crippen LogP contribution in [-0.4, -0.2) is 47.4 Å². The molecule has 0 aromatic carbocycles. The van der Waals surface area contributed by atoms with E-state index in [0.717, 1.165) is 38.5 Å². The lowest BCUT2D eigenvalue weighted by Crippen LogP contribution is -2.45. The minimum absolute atomic E-state index is 0.00729.